The quantitative estimate of drug-likeness (QED) is 0.483. The first-order valence-electron chi connectivity index (χ1n) is 10.5. The highest BCUT2D eigenvalue weighted by molar-refractivity contribution is 5.77. The molecule has 1 aliphatic rings. The number of carbonyl (C=O) groups excluding carboxylic acids is 1. The molecule has 0 fully saturated rings. The number of rotatable bonds is 5. The Kier molecular flexibility index (Phi) is 5.18. The van der Waals surface area contributed by atoms with Crippen molar-refractivity contribution < 1.29 is 13.9 Å². The summed E-state index contributed by atoms with van der Waals surface area (Å²) in [5.74, 6) is 3.34. The molecule has 0 atom stereocenters. The summed E-state index contributed by atoms with van der Waals surface area (Å²) in [4.78, 5) is 24.1. The van der Waals surface area contributed by atoms with Crippen LogP contribution in [0.15, 0.2) is 59.0 Å². The minimum atomic E-state index is -0.0342. The highest BCUT2D eigenvalue weighted by atomic mass is 16.5. The Labute approximate surface area is 185 Å². The zero-order chi connectivity index (χ0) is 22.1. The summed E-state index contributed by atoms with van der Waals surface area (Å²) in [5, 5.41) is 4.68. The van der Waals surface area contributed by atoms with Gasteiger partial charge in [0.25, 0.3) is 0 Å². The van der Waals surface area contributed by atoms with E-state index in [2.05, 4.69) is 10.1 Å². The average molecular weight is 429 g/mol. The number of nitrogens with zero attached hydrogens (tertiary/aromatic N) is 5. The lowest BCUT2D eigenvalue weighted by Gasteiger charge is -2.25. The van der Waals surface area contributed by atoms with Gasteiger partial charge >= 0.3 is 0 Å². The highest BCUT2D eigenvalue weighted by Gasteiger charge is 2.26. The second-order valence-corrected chi connectivity index (χ2v) is 7.68. The second kappa shape index (κ2) is 8.30. The van der Waals surface area contributed by atoms with E-state index >= 15 is 0 Å². The minimum absolute atomic E-state index is 0.0342. The van der Waals surface area contributed by atoms with Gasteiger partial charge in [0.1, 0.15) is 18.1 Å². The first kappa shape index (κ1) is 20.0. The predicted molar refractivity (Wildman–Crippen MR) is 118 cm³/mol. The van der Waals surface area contributed by atoms with E-state index in [9.17, 15) is 4.79 Å². The molecule has 8 heteroatoms. The zero-order valence-electron chi connectivity index (χ0n) is 18.0. The fraction of sp³-hybridized carbons (Fsp3) is 0.250. The Hall–Kier alpha value is -3.94. The van der Waals surface area contributed by atoms with E-state index in [0.29, 0.717) is 37.0 Å². The highest BCUT2D eigenvalue weighted by Crippen LogP contribution is 2.25. The molecule has 0 saturated carbocycles. The SMILES string of the molecule is COc1ccc(-c2nc(-c3ccccc3)n(CC(=O)N3CCc4nc(C)oc4C3)n2)cc1. The normalized spacial score (nSPS) is 13.1. The van der Waals surface area contributed by atoms with E-state index in [1.807, 2.05) is 61.5 Å². The van der Waals surface area contributed by atoms with Gasteiger partial charge in [0.15, 0.2) is 17.5 Å². The molecule has 0 bridgehead atoms. The molecule has 0 radical (unpaired) electrons. The van der Waals surface area contributed by atoms with E-state index < -0.39 is 0 Å². The van der Waals surface area contributed by atoms with Gasteiger partial charge in [-0.15, -0.1) is 5.10 Å². The monoisotopic (exact) mass is 429 g/mol. The van der Waals surface area contributed by atoms with Gasteiger partial charge in [-0.3, -0.25) is 4.79 Å². The van der Waals surface area contributed by atoms with Crippen LogP contribution in [-0.2, 0) is 24.3 Å². The van der Waals surface area contributed by atoms with Crippen molar-refractivity contribution in [3.63, 3.8) is 0 Å². The molecule has 3 heterocycles. The number of benzene rings is 2. The maximum atomic E-state index is 13.2. The summed E-state index contributed by atoms with van der Waals surface area (Å²) in [6.07, 6.45) is 0.693. The van der Waals surface area contributed by atoms with Crippen molar-refractivity contribution in [3.05, 3.63) is 71.9 Å². The number of oxazole rings is 1. The van der Waals surface area contributed by atoms with Crippen LogP contribution in [0, 0.1) is 6.92 Å². The smallest absolute Gasteiger partial charge is 0.244 e. The van der Waals surface area contributed by atoms with Crippen molar-refractivity contribution in [3.8, 4) is 28.5 Å². The molecule has 1 amide bonds. The third-order valence-corrected chi connectivity index (χ3v) is 5.53. The summed E-state index contributed by atoms with van der Waals surface area (Å²) in [6.45, 7) is 2.96. The van der Waals surface area contributed by atoms with Crippen LogP contribution in [0.3, 0.4) is 0 Å². The van der Waals surface area contributed by atoms with Crippen LogP contribution in [0.5, 0.6) is 5.75 Å². The fourth-order valence-electron chi connectivity index (χ4n) is 3.88. The van der Waals surface area contributed by atoms with E-state index in [1.54, 1.807) is 16.7 Å². The third-order valence-electron chi connectivity index (χ3n) is 5.53. The van der Waals surface area contributed by atoms with Crippen LogP contribution in [0.2, 0.25) is 0 Å². The summed E-state index contributed by atoms with van der Waals surface area (Å²) in [7, 11) is 1.63. The van der Waals surface area contributed by atoms with E-state index in [1.165, 1.54) is 0 Å². The molecule has 0 unspecified atom stereocenters. The lowest BCUT2D eigenvalue weighted by molar-refractivity contribution is -0.133. The summed E-state index contributed by atoms with van der Waals surface area (Å²) >= 11 is 0. The number of ether oxygens (including phenoxy) is 1. The van der Waals surface area contributed by atoms with Crippen LogP contribution in [0.1, 0.15) is 17.3 Å². The number of aryl methyl sites for hydroxylation is 1. The molecule has 1 aliphatic heterocycles. The molecule has 4 aromatic rings. The van der Waals surface area contributed by atoms with Crippen molar-refractivity contribution in [2.45, 2.75) is 26.4 Å². The van der Waals surface area contributed by atoms with Gasteiger partial charge in [-0.25, -0.2) is 14.6 Å². The van der Waals surface area contributed by atoms with Gasteiger partial charge in [-0.05, 0) is 24.3 Å². The van der Waals surface area contributed by atoms with Crippen LogP contribution in [-0.4, -0.2) is 44.2 Å². The number of hydrogen-bond acceptors (Lipinski definition) is 6. The second-order valence-electron chi connectivity index (χ2n) is 7.68. The van der Waals surface area contributed by atoms with E-state index in [0.717, 1.165) is 28.3 Å². The number of aromatic nitrogens is 4. The number of hydrogen-bond donors (Lipinski definition) is 0. The van der Waals surface area contributed by atoms with Gasteiger partial charge in [-0.2, -0.15) is 0 Å². The zero-order valence-corrected chi connectivity index (χ0v) is 18.0. The van der Waals surface area contributed by atoms with E-state index in [4.69, 9.17) is 14.1 Å². The van der Waals surface area contributed by atoms with Gasteiger partial charge in [-0.1, -0.05) is 30.3 Å². The molecule has 32 heavy (non-hydrogen) atoms. The van der Waals surface area contributed by atoms with Crippen molar-refractivity contribution >= 4 is 5.91 Å². The van der Waals surface area contributed by atoms with Gasteiger partial charge in [0.2, 0.25) is 5.91 Å². The molecule has 0 saturated heterocycles. The van der Waals surface area contributed by atoms with Crippen molar-refractivity contribution in [1.82, 2.24) is 24.6 Å². The largest absolute Gasteiger partial charge is 0.497 e. The standard InChI is InChI=1S/C24H23N5O3/c1-16-25-20-12-13-28(14-21(20)32-16)22(30)15-29-24(18-6-4-3-5-7-18)26-23(27-29)17-8-10-19(31-2)11-9-17/h3-11H,12-15H2,1-2H3. The maximum absolute atomic E-state index is 13.2. The number of methoxy groups -OCH3 is 1. The molecule has 0 N–H and O–H groups in total. The Morgan fingerprint density at radius 1 is 1.06 bits per heavy atom. The van der Waals surface area contributed by atoms with Gasteiger partial charge < -0.3 is 14.1 Å². The van der Waals surface area contributed by atoms with Crippen LogP contribution in [0.4, 0.5) is 0 Å². The van der Waals surface area contributed by atoms with Gasteiger partial charge in [0, 0.05) is 31.0 Å². The summed E-state index contributed by atoms with van der Waals surface area (Å²) in [6, 6.07) is 17.3. The molecule has 2 aromatic heterocycles. The molecular formula is C24H23N5O3. The minimum Gasteiger partial charge on any atom is -0.497 e. The molecule has 0 aliphatic carbocycles. The summed E-state index contributed by atoms with van der Waals surface area (Å²) < 4.78 is 12.6. The average Bonchev–Trinajstić information content (AvgIpc) is 3.41. The molecule has 5 rings (SSSR count). The summed E-state index contributed by atoms with van der Waals surface area (Å²) in [5.41, 5.74) is 2.70. The topological polar surface area (TPSA) is 86.3 Å². The molecular weight excluding hydrogens is 406 g/mol. The van der Waals surface area contributed by atoms with Crippen molar-refractivity contribution in [1.29, 1.82) is 0 Å². The first-order valence-corrected chi connectivity index (χ1v) is 10.5. The molecule has 162 valence electrons. The Morgan fingerprint density at radius 3 is 2.59 bits per heavy atom. The molecule has 2 aromatic carbocycles. The van der Waals surface area contributed by atoms with Gasteiger partial charge in [0.05, 0.1) is 19.3 Å². The molecule has 0 spiro atoms. The number of amides is 1. The van der Waals surface area contributed by atoms with Crippen LogP contribution in [0.25, 0.3) is 22.8 Å². The lowest BCUT2D eigenvalue weighted by Crippen LogP contribution is -2.38. The third kappa shape index (κ3) is 3.87. The number of fused-ring (bicyclic) bond motifs is 1. The Morgan fingerprint density at radius 2 is 1.84 bits per heavy atom. The van der Waals surface area contributed by atoms with Crippen molar-refractivity contribution in [2.24, 2.45) is 0 Å². The lowest BCUT2D eigenvalue weighted by atomic mass is 10.1. The fourth-order valence-corrected chi connectivity index (χ4v) is 3.88. The predicted octanol–water partition coefficient (Wildman–Crippen LogP) is 3.50. The molecule has 8 nitrogen and oxygen atoms in total. The van der Waals surface area contributed by atoms with E-state index in [-0.39, 0.29) is 12.5 Å². The maximum Gasteiger partial charge on any atom is 0.244 e. The number of carbonyl (C=O) groups is 1. The van der Waals surface area contributed by atoms with Crippen molar-refractivity contribution in [2.75, 3.05) is 13.7 Å². The first-order chi connectivity index (χ1) is 15.6. The van der Waals surface area contributed by atoms with Crippen LogP contribution >= 0.6 is 0 Å². The Bertz CT molecular complexity index is 1240. The van der Waals surface area contributed by atoms with Crippen LogP contribution < -0.4 is 4.74 Å². The Balaban J connectivity index is 1.44.